The lowest BCUT2D eigenvalue weighted by Gasteiger charge is -2.16. The van der Waals surface area contributed by atoms with Gasteiger partial charge in [0.2, 0.25) is 11.3 Å². The number of hydrogen-bond donors (Lipinski definition) is 3. The van der Waals surface area contributed by atoms with Gasteiger partial charge >= 0.3 is 0 Å². The third-order valence-electron chi connectivity index (χ3n) is 6.38. The molecule has 2 aliphatic rings. The van der Waals surface area contributed by atoms with Crippen molar-refractivity contribution in [1.29, 1.82) is 0 Å². The van der Waals surface area contributed by atoms with Gasteiger partial charge < -0.3 is 15.0 Å². The molecule has 0 radical (unpaired) electrons. The first-order valence-electron chi connectivity index (χ1n) is 10.2. The van der Waals surface area contributed by atoms with Gasteiger partial charge in [0.05, 0.1) is 24.1 Å². The predicted octanol–water partition coefficient (Wildman–Crippen LogP) is 2.40. The van der Waals surface area contributed by atoms with E-state index < -0.39 is 17.4 Å². The fraction of sp³-hybridized carbons (Fsp3) is 0.429. The largest absolute Gasteiger partial charge is 0.393 e. The number of aliphatic hydroxyl groups is 1. The summed E-state index contributed by atoms with van der Waals surface area (Å²) in [7, 11) is 0. The molecule has 3 aromatic rings. The van der Waals surface area contributed by atoms with Gasteiger partial charge in [-0.15, -0.1) is 0 Å². The number of benzene rings is 1. The lowest BCUT2D eigenvalue weighted by molar-refractivity contribution is 0.103. The highest BCUT2D eigenvalue weighted by Crippen LogP contribution is 2.39. The molecule has 1 aromatic carbocycles. The van der Waals surface area contributed by atoms with E-state index in [-0.39, 0.29) is 24.6 Å². The molecule has 0 bridgehead atoms. The second-order valence-electron chi connectivity index (χ2n) is 8.11. The molecule has 1 saturated carbocycles. The Balaban J connectivity index is 1.38. The van der Waals surface area contributed by atoms with E-state index in [0.717, 1.165) is 29.7 Å². The lowest BCUT2D eigenvalue weighted by atomic mass is 10.1. The van der Waals surface area contributed by atoms with Gasteiger partial charge in [-0.2, -0.15) is 0 Å². The molecule has 0 amide bonds. The third kappa shape index (κ3) is 3.62. The highest BCUT2D eigenvalue weighted by atomic mass is 32.2. The van der Waals surface area contributed by atoms with Crippen LogP contribution in [0.15, 0.2) is 42.9 Å². The number of hydrogen-bond acceptors (Lipinski definition) is 6. The molecule has 158 valence electrons. The van der Waals surface area contributed by atoms with Crippen LogP contribution in [0.3, 0.4) is 0 Å². The summed E-state index contributed by atoms with van der Waals surface area (Å²) in [5, 5.41) is 20.2. The Hall–Kier alpha value is -2.33. The summed E-state index contributed by atoms with van der Waals surface area (Å²) < 4.78 is 18.1. The van der Waals surface area contributed by atoms with Crippen molar-refractivity contribution in [2.45, 2.75) is 43.9 Å². The SMILES string of the molecule is NS(=O)OC[C@@H]1C[C@@H](n2ccc3c(N[C@H]4CCc5ccccc54)ncnc32)C[C@H]1O. The van der Waals surface area contributed by atoms with E-state index >= 15 is 0 Å². The molecule has 5 atom stereocenters. The first kappa shape index (κ1) is 19.6. The molecule has 2 aromatic heterocycles. The minimum atomic E-state index is -1.82. The van der Waals surface area contributed by atoms with Gasteiger partial charge in [0.1, 0.15) is 17.8 Å². The summed E-state index contributed by atoms with van der Waals surface area (Å²) in [6.45, 7) is 0.183. The van der Waals surface area contributed by atoms with Crippen molar-refractivity contribution < 1.29 is 13.5 Å². The molecule has 8 nitrogen and oxygen atoms in total. The molecular weight excluding hydrogens is 402 g/mol. The molecule has 2 aliphatic carbocycles. The highest BCUT2D eigenvalue weighted by molar-refractivity contribution is 7.77. The van der Waals surface area contributed by atoms with Crippen LogP contribution in [0.25, 0.3) is 11.0 Å². The number of nitrogens with two attached hydrogens (primary N) is 1. The molecule has 0 saturated heterocycles. The minimum absolute atomic E-state index is 0.0901. The molecule has 0 spiro atoms. The first-order valence-corrected chi connectivity index (χ1v) is 11.4. The van der Waals surface area contributed by atoms with E-state index in [1.54, 1.807) is 6.33 Å². The number of rotatable bonds is 6. The van der Waals surface area contributed by atoms with Gasteiger partial charge in [0.15, 0.2) is 0 Å². The normalized spacial score (nSPS) is 26.7. The van der Waals surface area contributed by atoms with Crippen molar-refractivity contribution in [3.8, 4) is 0 Å². The summed E-state index contributed by atoms with van der Waals surface area (Å²) in [6.07, 6.45) is 6.50. The fourth-order valence-electron chi connectivity index (χ4n) is 4.89. The fourth-order valence-corrected chi connectivity index (χ4v) is 5.20. The van der Waals surface area contributed by atoms with Gasteiger partial charge in [0, 0.05) is 18.2 Å². The van der Waals surface area contributed by atoms with Crippen LogP contribution < -0.4 is 10.5 Å². The summed E-state index contributed by atoms with van der Waals surface area (Å²) in [6, 6.07) is 10.9. The van der Waals surface area contributed by atoms with Crippen molar-refractivity contribution in [2.75, 3.05) is 11.9 Å². The first-order chi connectivity index (χ1) is 14.6. The van der Waals surface area contributed by atoms with Crippen LogP contribution in [0.4, 0.5) is 5.82 Å². The zero-order valence-electron chi connectivity index (χ0n) is 16.5. The molecule has 9 heteroatoms. The van der Waals surface area contributed by atoms with E-state index in [4.69, 9.17) is 9.32 Å². The molecule has 1 fully saturated rings. The molecule has 1 unspecified atom stereocenters. The summed E-state index contributed by atoms with van der Waals surface area (Å²) in [4.78, 5) is 9.03. The number of nitrogens with zero attached hydrogens (tertiary/aromatic N) is 3. The Labute approximate surface area is 177 Å². The zero-order valence-corrected chi connectivity index (χ0v) is 17.3. The Bertz CT molecular complexity index is 1090. The van der Waals surface area contributed by atoms with Crippen LogP contribution in [0.2, 0.25) is 0 Å². The van der Waals surface area contributed by atoms with E-state index in [0.29, 0.717) is 12.8 Å². The van der Waals surface area contributed by atoms with Crippen LogP contribution in [0.1, 0.15) is 42.5 Å². The van der Waals surface area contributed by atoms with Gasteiger partial charge in [-0.3, -0.25) is 4.18 Å². The maximum atomic E-state index is 11.0. The van der Waals surface area contributed by atoms with Crippen molar-refractivity contribution in [3.05, 3.63) is 54.0 Å². The van der Waals surface area contributed by atoms with E-state index in [1.165, 1.54) is 11.1 Å². The molecule has 2 heterocycles. The third-order valence-corrected chi connectivity index (χ3v) is 6.75. The van der Waals surface area contributed by atoms with Crippen LogP contribution in [0.5, 0.6) is 0 Å². The molecule has 4 N–H and O–H groups in total. The molecular formula is C21H25N5O3S. The van der Waals surface area contributed by atoms with Crippen molar-refractivity contribution in [3.63, 3.8) is 0 Å². The second-order valence-corrected chi connectivity index (χ2v) is 8.87. The van der Waals surface area contributed by atoms with Crippen LogP contribution in [-0.2, 0) is 21.9 Å². The number of aliphatic hydroxyl groups excluding tert-OH is 1. The quantitative estimate of drug-likeness (QED) is 0.556. The van der Waals surface area contributed by atoms with Gasteiger partial charge in [-0.05, 0) is 42.9 Å². The Morgan fingerprint density at radius 1 is 1.27 bits per heavy atom. The molecule has 30 heavy (non-hydrogen) atoms. The van der Waals surface area contributed by atoms with Crippen LogP contribution >= 0.6 is 0 Å². The maximum Gasteiger partial charge on any atom is 0.231 e. The van der Waals surface area contributed by atoms with E-state index in [1.807, 2.05) is 12.3 Å². The minimum Gasteiger partial charge on any atom is -0.393 e. The van der Waals surface area contributed by atoms with Crippen molar-refractivity contribution in [1.82, 2.24) is 14.5 Å². The smallest absolute Gasteiger partial charge is 0.231 e. The monoisotopic (exact) mass is 427 g/mol. The van der Waals surface area contributed by atoms with Crippen LogP contribution in [-0.4, -0.2) is 36.6 Å². The summed E-state index contributed by atoms with van der Waals surface area (Å²) in [5.74, 6) is 0.729. The Kier molecular flexibility index (Phi) is 5.28. The average molecular weight is 428 g/mol. The highest BCUT2D eigenvalue weighted by Gasteiger charge is 2.35. The number of nitrogens with one attached hydrogen (secondary N) is 1. The van der Waals surface area contributed by atoms with E-state index in [2.05, 4.69) is 44.1 Å². The van der Waals surface area contributed by atoms with Crippen molar-refractivity contribution >= 4 is 28.1 Å². The Morgan fingerprint density at radius 2 is 2.13 bits per heavy atom. The topological polar surface area (TPSA) is 115 Å². The van der Waals surface area contributed by atoms with Gasteiger partial charge in [-0.25, -0.2) is 19.3 Å². The number of aryl methyl sites for hydroxylation is 1. The second kappa shape index (κ2) is 8.07. The lowest BCUT2D eigenvalue weighted by Crippen LogP contribution is -2.21. The summed E-state index contributed by atoms with van der Waals surface area (Å²) in [5.41, 5.74) is 3.58. The predicted molar refractivity (Wildman–Crippen MR) is 115 cm³/mol. The number of fused-ring (bicyclic) bond motifs is 2. The van der Waals surface area contributed by atoms with Crippen LogP contribution in [0, 0.1) is 5.92 Å². The van der Waals surface area contributed by atoms with E-state index in [9.17, 15) is 9.32 Å². The molecule has 0 aliphatic heterocycles. The standard InChI is InChI=1S/C21H25N5O3S/c22-30(28)29-11-14-9-15(10-19(14)27)26-8-7-17-20(23-12-24-21(17)26)25-18-6-5-13-3-1-2-4-16(13)18/h1-4,7-8,12,14-15,18-19,27H,5-6,9-11,22H2,(H,23,24,25)/t14-,15+,18-,19+,30?/m0/s1. The molecule has 5 rings (SSSR count). The maximum absolute atomic E-state index is 11.0. The van der Waals surface area contributed by atoms with Crippen molar-refractivity contribution in [2.24, 2.45) is 11.1 Å². The average Bonchev–Trinajstić information content (AvgIpc) is 3.44. The van der Waals surface area contributed by atoms with Gasteiger partial charge in [-0.1, -0.05) is 24.3 Å². The Morgan fingerprint density at radius 3 is 3.00 bits per heavy atom. The number of aromatic nitrogens is 3. The summed E-state index contributed by atoms with van der Waals surface area (Å²) >= 11 is -1.82. The van der Waals surface area contributed by atoms with Gasteiger partial charge in [0.25, 0.3) is 0 Å². The number of anilines is 1. The zero-order chi connectivity index (χ0) is 20.7.